The fourth-order valence-electron chi connectivity index (χ4n) is 4.10. The Morgan fingerprint density at radius 2 is 0.893 bits per heavy atom. The molecule has 1 unspecified atom stereocenters. The molecule has 0 aliphatic carbocycles. The van der Waals surface area contributed by atoms with Gasteiger partial charge in [-0.05, 0) is 18.8 Å². The van der Waals surface area contributed by atoms with Crippen molar-refractivity contribution in [1.29, 1.82) is 0 Å². The lowest BCUT2D eigenvalue weighted by atomic mass is 9.94. The molecule has 2 heteroatoms. The van der Waals surface area contributed by atoms with E-state index < -0.39 is 5.97 Å². The van der Waals surface area contributed by atoms with Gasteiger partial charge in [-0.25, -0.2) is 0 Å². The second-order valence-corrected chi connectivity index (χ2v) is 9.45. The van der Waals surface area contributed by atoms with Crippen molar-refractivity contribution in [2.75, 3.05) is 0 Å². The van der Waals surface area contributed by atoms with Crippen LogP contribution in [0, 0.1) is 11.8 Å². The molecule has 0 saturated heterocycles. The zero-order valence-corrected chi connectivity index (χ0v) is 19.7. The van der Waals surface area contributed by atoms with Gasteiger partial charge in [0.15, 0.2) is 0 Å². The smallest absolute Gasteiger partial charge is 0.306 e. The first-order chi connectivity index (χ1) is 13.6. The number of unbranched alkanes of at least 4 members (excludes halogenated alkanes) is 15. The first-order valence-electron chi connectivity index (χ1n) is 12.8. The van der Waals surface area contributed by atoms with Crippen molar-refractivity contribution in [3.63, 3.8) is 0 Å². The molecule has 0 fully saturated rings. The van der Waals surface area contributed by atoms with Crippen molar-refractivity contribution in [1.82, 2.24) is 0 Å². The summed E-state index contributed by atoms with van der Waals surface area (Å²) in [4.78, 5) is 11.5. The third-order valence-electron chi connectivity index (χ3n) is 6.09. The maximum Gasteiger partial charge on any atom is 0.306 e. The topological polar surface area (TPSA) is 37.3 Å². The van der Waals surface area contributed by atoms with Crippen LogP contribution >= 0.6 is 0 Å². The number of carboxylic acid groups (broad SMARTS) is 1. The molecule has 0 aromatic rings. The molecule has 1 atom stereocenters. The molecule has 0 bridgehead atoms. The molecular formula is C26H52O2. The molecule has 0 radical (unpaired) electrons. The lowest BCUT2D eigenvalue weighted by Crippen LogP contribution is -2.13. The van der Waals surface area contributed by atoms with E-state index in [-0.39, 0.29) is 5.92 Å². The molecule has 0 aromatic heterocycles. The minimum atomic E-state index is -0.566. The van der Waals surface area contributed by atoms with E-state index >= 15 is 0 Å². The van der Waals surface area contributed by atoms with E-state index in [1.54, 1.807) is 0 Å². The number of rotatable bonds is 22. The summed E-state index contributed by atoms with van der Waals surface area (Å²) in [6.45, 7) is 6.86. The van der Waals surface area contributed by atoms with Crippen LogP contribution in [0.15, 0.2) is 0 Å². The summed E-state index contributed by atoms with van der Waals surface area (Å²) < 4.78 is 0. The van der Waals surface area contributed by atoms with Gasteiger partial charge >= 0.3 is 5.97 Å². The average Bonchev–Trinajstić information content (AvgIpc) is 2.65. The first-order valence-corrected chi connectivity index (χ1v) is 12.8. The summed E-state index contributed by atoms with van der Waals surface area (Å²) in [6.07, 6.45) is 25.4. The second-order valence-electron chi connectivity index (χ2n) is 9.45. The van der Waals surface area contributed by atoms with Crippen molar-refractivity contribution in [2.24, 2.45) is 11.8 Å². The highest BCUT2D eigenvalue weighted by molar-refractivity contribution is 5.69. The molecule has 0 saturated carbocycles. The van der Waals surface area contributed by atoms with Crippen molar-refractivity contribution >= 4 is 5.97 Å². The van der Waals surface area contributed by atoms with E-state index in [0.717, 1.165) is 31.6 Å². The predicted octanol–water partition coefficient (Wildman–Crippen LogP) is 9.17. The third-order valence-corrected chi connectivity index (χ3v) is 6.09. The lowest BCUT2D eigenvalue weighted by Gasteiger charge is -2.12. The Labute approximate surface area is 177 Å². The van der Waals surface area contributed by atoms with Crippen LogP contribution in [0.5, 0.6) is 0 Å². The highest BCUT2D eigenvalue weighted by Gasteiger charge is 2.16. The fourth-order valence-corrected chi connectivity index (χ4v) is 4.10. The molecule has 0 rings (SSSR count). The number of aliphatic carboxylic acids is 1. The Hall–Kier alpha value is -0.530. The molecule has 0 aliphatic rings. The maximum atomic E-state index is 11.5. The van der Waals surface area contributed by atoms with Gasteiger partial charge < -0.3 is 5.11 Å². The van der Waals surface area contributed by atoms with Crippen molar-refractivity contribution in [2.45, 2.75) is 149 Å². The molecular weight excluding hydrogens is 344 g/mol. The summed E-state index contributed by atoms with van der Waals surface area (Å²) >= 11 is 0. The first kappa shape index (κ1) is 27.5. The zero-order valence-electron chi connectivity index (χ0n) is 19.7. The van der Waals surface area contributed by atoms with E-state index in [2.05, 4.69) is 20.8 Å². The van der Waals surface area contributed by atoms with E-state index in [1.165, 1.54) is 103 Å². The summed E-state index contributed by atoms with van der Waals surface area (Å²) in [5.41, 5.74) is 0. The number of hydrogen-bond donors (Lipinski definition) is 1. The summed E-state index contributed by atoms with van der Waals surface area (Å²) in [5.74, 6) is 0.162. The summed E-state index contributed by atoms with van der Waals surface area (Å²) in [7, 11) is 0. The maximum absolute atomic E-state index is 11.5. The van der Waals surface area contributed by atoms with E-state index in [1.807, 2.05) is 0 Å². The van der Waals surface area contributed by atoms with Gasteiger partial charge in [-0.15, -0.1) is 0 Å². The van der Waals surface area contributed by atoms with Crippen LogP contribution in [0.1, 0.15) is 149 Å². The highest BCUT2D eigenvalue weighted by atomic mass is 16.4. The van der Waals surface area contributed by atoms with Gasteiger partial charge in [-0.2, -0.15) is 0 Å². The van der Waals surface area contributed by atoms with E-state index in [0.29, 0.717) is 0 Å². The standard InChI is InChI=1S/C26H52O2/c1-4-5-6-7-8-9-10-11-12-16-19-22-25(26(27)28)23-20-17-14-13-15-18-21-24(2)3/h24-25H,4-23H2,1-3H3,(H,27,28). The molecule has 0 aliphatic heterocycles. The molecule has 1 N–H and O–H groups in total. The van der Waals surface area contributed by atoms with Crippen molar-refractivity contribution < 1.29 is 9.90 Å². The van der Waals surface area contributed by atoms with Gasteiger partial charge in [-0.1, -0.05) is 136 Å². The van der Waals surface area contributed by atoms with Crippen LogP contribution in [0.25, 0.3) is 0 Å². The number of hydrogen-bond acceptors (Lipinski definition) is 1. The Morgan fingerprint density at radius 1 is 0.571 bits per heavy atom. The summed E-state index contributed by atoms with van der Waals surface area (Å²) in [5, 5.41) is 9.46. The van der Waals surface area contributed by atoms with Crippen molar-refractivity contribution in [3.05, 3.63) is 0 Å². The van der Waals surface area contributed by atoms with Crippen LogP contribution < -0.4 is 0 Å². The Kier molecular flexibility index (Phi) is 20.8. The van der Waals surface area contributed by atoms with E-state index in [9.17, 15) is 9.90 Å². The molecule has 0 spiro atoms. The average molecular weight is 397 g/mol. The van der Waals surface area contributed by atoms with Crippen LogP contribution in [0.2, 0.25) is 0 Å². The molecule has 28 heavy (non-hydrogen) atoms. The van der Waals surface area contributed by atoms with Gasteiger partial charge in [0, 0.05) is 0 Å². The zero-order chi connectivity index (χ0) is 20.9. The largest absolute Gasteiger partial charge is 0.481 e. The lowest BCUT2D eigenvalue weighted by molar-refractivity contribution is -0.142. The van der Waals surface area contributed by atoms with Crippen LogP contribution in [0.3, 0.4) is 0 Å². The minimum Gasteiger partial charge on any atom is -0.481 e. The van der Waals surface area contributed by atoms with E-state index in [4.69, 9.17) is 0 Å². The van der Waals surface area contributed by atoms with Gasteiger partial charge in [0.05, 0.1) is 5.92 Å². The highest BCUT2D eigenvalue weighted by Crippen LogP contribution is 2.20. The van der Waals surface area contributed by atoms with Gasteiger partial charge in [0.1, 0.15) is 0 Å². The Bertz CT molecular complexity index is 324. The Balaban J connectivity index is 3.47. The quantitative estimate of drug-likeness (QED) is 0.185. The molecule has 2 nitrogen and oxygen atoms in total. The minimum absolute atomic E-state index is 0.0977. The summed E-state index contributed by atoms with van der Waals surface area (Å²) in [6, 6.07) is 0. The van der Waals surface area contributed by atoms with Crippen LogP contribution in [-0.4, -0.2) is 11.1 Å². The van der Waals surface area contributed by atoms with Crippen LogP contribution in [-0.2, 0) is 4.79 Å². The molecule has 0 aromatic carbocycles. The van der Waals surface area contributed by atoms with Crippen molar-refractivity contribution in [3.8, 4) is 0 Å². The normalized spacial score (nSPS) is 12.6. The Morgan fingerprint density at radius 3 is 1.21 bits per heavy atom. The van der Waals surface area contributed by atoms with Crippen LogP contribution in [0.4, 0.5) is 0 Å². The third kappa shape index (κ3) is 20.2. The number of carboxylic acids is 1. The monoisotopic (exact) mass is 396 g/mol. The number of carbonyl (C=O) groups is 1. The SMILES string of the molecule is CCCCCCCCCCCCCC(CCCCCCCCC(C)C)C(=O)O. The molecule has 0 heterocycles. The second kappa shape index (κ2) is 21.2. The van der Waals surface area contributed by atoms with Gasteiger partial charge in [0.2, 0.25) is 0 Å². The fraction of sp³-hybridized carbons (Fsp3) is 0.962. The van der Waals surface area contributed by atoms with Gasteiger partial charge in [-0.3, -0.25) is 4.79 Å². The van der Waals surface area contributed by atoms with Gasteiger partial charge in [0.25, 0.3) is 0 Å². The molecule has 0 amide bonds. The predicted molar refractivity (Wildman–Crippen MR) is 124 cm³/mol. The molecule has 168 valence electrons.